The molecule has 1 aromatic carbocycles. The van der Waals surface area contributed by atoms with Gasteiger partial charge >= 0.3 is 0 Å². The van der Waals surface area contributed by atoms with Crippen LogP contribution in [0.15, 0.2) is 28.8 Å². The van der Waals surface area contributed by atoms with E-state index in [-0.39, 0.29) is 6.04 Å². The zero-order valence-corrected chi connectivity index (χ0v) is 13.6. The topological polar surface area (TPSA) is 69.2 Å². The molecule has 6 heteroatoms. The van der Waals surface area contributed by atoms with Crippen LogP contribution in [0.5, 0.6) is 0 Å². The molecule has 2 aromatic rings. The number of aryl methyl sites for hydroxylation is 1. The monoisotopic (exact) mass is 311 g/mol. The lowest BCUT2D eigenvalue weighted by molar-refractivity contribution is 0.184. The summed E-state index contributed by atoms with van der Waals surface area (Å²) in [6, 6.07) is 10.2. The van der Waals surface area contributed by atoms with E-state index in [2.05, 4.69) is 32.9 Å². The molecule has 6 nitrogen and oxygen atoms in total. The normalized spacial score (nSPS) is 17.5. The summed E-state index contributed by atoms with van der Waals surface area (Å²) in [5.74, 6) is 1.35. The Hall–Kier alpha value is -2.39. The summed E-state index contributed by atoms with van der Waals surface area (Å²) in [7, 11) is 0. The lowest BCUT2D eigenvalue weighted by atomic mass is 10.1. The molecule has 1 unspecified atom stereocenters. The van der Waals surface area contributed by atoms with Crippen molar-refractivity contribution >= 4 is 5.69 Å². The number of nitriles is 1. The minimum Gasteiger partial charge on any atom is -0.369 e. The van der Waals surface area contributed by atoms with Gasteiger partial charge in [-0.05, 0) is 32.4 Å². The highest BCUT2D eigenvalue weighted by molar-refractivity contribution is 5.59. The predicted molar refractivity (Wildman–Crippen MR) is 87.0 cm³/mol. The summed E-state index contributed by atoms with van der Waals surface area (Å²) in [6.45, 7) is 7.66. The van der Waals surface area contributed by atoms with Crippen LogP contribution in [-0.2, 0) is 0 Å². The Morgan fingerprint density at radius 1 is 1.22 bits per heavy atom. The first-order valence-electron chi connectivity index (χ1n) is 7.97. The molecule has 2 heterocycles. The van der Waals surface area contributed by atoms with E-state index in [0.717, 1.165) is 43.9 Å². The van der Waals surface area contributed by atoms with E-state index in [1.54, 1.807) is 0 Å². The first kappa shape index (κ1) is 15.5. The molecular formula is C17H21N5O. The van der Waals surface area contributed by atoms with Crippen molar-refractivity contribution in [2.24, 2.45) is 0 Å². The molecule has 1 saturated heterocycles. The standard InChI is InChI=1S/C17H21N5O/c1-13(17-19-14(2)20-23-17)21-8-5-9-22(11-10-21)16-7-4-3-6-15(16)12-18/h3-4,6-7,13H,5,8-11H2,1-2H3. The Morgan fingerprint density at radius 2 is 2.04 bits per heavy atom. The minimum absolute atomic E-state index is 0.113. The van der Waals surface area contributed by atoms with Crippen molar-refractivity contribution in [3.8, 4) is 6.07 Å². The maximum absolute atomic E-state index is 9.30. The van der Waals surface area contributed by atoms with Gasteiger partial charge in [-0.15, -0.1) is 0 Å². The number of anilines is 1. The highest BCUT2D eigenvalue weighted by Gasteiger charge is 2.24. The lowest BCUT2D eigenvalue weighted by Crippen LogP contribution is -2.33. The van der Waals surface area contributed by atoms with Gasteiger partial charge in [0.05, 0.1) is 17.3 Å². The molecule has 120 valence electrons. The third-order valence-electron chi connectivity index (χ3n) is 4.34. The molecule has 0 saturated carbocycles. The first-order valence-corrected chi connectivity index (χ1v) is 7.97. The summed E-state index contributed by atoms with van der Waals surface area (Å²) in [4.78, 5) is 9.00. The minimum atomic E-state index is 0.113. The van der Waals surface area contributed by atoms with Crippen molar-refractivity contribution in [1.82, 2.24) is 15.0 Å². The molecule has 0 spiro atoms. The zero-order valence-electron chi connectivity index (χ0n) is 13.6. The average molecular weight is 311 g/mol. The van der Waals surface area contributed by atoms with Gasteiger partial charge in [0.25, 0.3) is 0 Å². The maximum Gasteiger partial charge on any atom is 0.243 e. The molecule has 23 heavy (non-hydrogen) atoms. The van der Waals surface area contributed by atoms with Crippen LogP contribution in [0.4, 0.5) is 5.69 Å². The SMILES string of the molecule is Cc1noc(C(C)N2CCCN(c3ccccc3C#N)CC2)n1. The molecule has 1 fully saturated rings. The molecule has 0 bridgehead atoms. The third-order valence-corrected chi connectivity index (χ3v) is 4.34. The van der Waals surface area contributed by atoms with E-state index in [9.17, 15) is 5.26 Å². The van der Waals surface area contributed by atoms with E-state index in [1.807, 2.05) is 31.2 Å². The zero-order chi connectivity index (χ0) is 16.2. The second-order valence-electron chi connectivity index (χ2n) is 5.86. The molecule has 0 aliphatic carbocycles. The van der Waals surface area contributed by atoms with Gasteiger partial charge in [-0.25, -0.2) is 0 Å². The molecule has 1 aliphatic rings. The number of hydrogen-bond acceptors (Lipinski definition) is 6. The van der Waals surface area contributed by atoms with Gasteiger partial charge in [0, 0.05) is 26.2 Å². The van der Waals surface area contributed by atoms with Gasteiger partial charge in [0.1, 0.15) is 6.07 Å². The summed E-state index contributed by atoms with van der Waals surface area (Å²) in [5.41, 5.74) is 1.76. The van der Waals surface area contributed by atoms with E-state index >= 15 is 0 Å². The average Bonchev–Trinajstić information content (AvgIpc) is 2.87. The van der Waals surface area contributed by atoms with Crippen molar-refractivity contribution in [2.75, 3.05) is 31.1 Å². The lowest BCUT2D eigenvalue weighted by Gasteiger charge is -2.26. The molecule has 3 rings (SSSR count). The second-order valence-corrected chi connectivity index (χ2v) is 5.86. The van der Waals surface area contributed by atoms with E-state index in [1.165, 1.54) is 0 Å². The fourth-order valence-corrected chi connectivity index (χ4v) is 3.05. The molecule has 0 N–H and O–H groups in total. The summed E-state index contributed by atoms with van der Waals surface area (Å²) < 4.78 is 5.31. The van der Waals surface area contributed by atoms with Crippen LogP contribution in [0.2, 0.25) is 0 Å². The van der Waals surface area contributed by atoms with Crippen LogP contribution in [0.3, 0.4) is 0 Å². The van der Waals surface area contributed by atoms with E-state index in [4.69, 9.17) is 4.52 Å². The number of benzene rings is 1. The molecule has 0 amide bonds. The smallest absolute Gasteiger partial charge is 0.243 e. The number of para-hydroxylation sites is 1. The van der Waals surface area contributed by atoms with Gasteiger partial charge in [0.2, 0.25) is 5.89 Å². The molecule has 0 radical (unpaired) electrons. The summed E-state index contributed by atoms with van der Waals surface area (Å²) >= 11 is 0. The van der Waals surface area contributed by atoms with Crippen molar-refractivity contribution in [3.05, 3.63) is 41.5 Å². The molecule has 1 aliphatic heterocycles. The highest BCUT2D eigenvalue weighted by Crippen LogP contribution is 2.24. The molecule has 1 atom stereocenters. The molecular weight excluding hydrogens is 290 g/mol. The van der Waals surface area contributed by atoms with Crippen molar-refractivity contribution in [3.63, 3.8) is 0 Å². The Bertz CT molecular complexity index is 705. The third kappa shape index (κ3) is 3.35. The first-order chi connectivity index (χ1) is 11.2. The van der Waals surface area contributed by atoms with E-state index in [0.29, 0.717) is 11.7 Å². The van der Waals surface area contributed by atoms with Crippen LogP contribution in [0, 0.1) is 18.3 Å². The number of nitrogens with zero attached hydrogens (tertiary/aromatic N) is 5. The number of rotatable bonds is 3. The number of aromatic nitrogens is 2. The number of hydrogen-bond donors (Lipinski definition) is 0. The van der Waals surface area contributed by atoms with Crippen LogP contribution in [0.25, 0.3) is 0 Å². The van der Waals surface area contributed by atoms with Gasteiger partial charge in [0.15, 0.2) is 5.82 Å². The Labute approximate surface area is 136 Å². The van der Waals surface area contributed by atoms with Gasteiger partial charge < -0.3 is 9.42 Å². The van der Waals surface area contributed by atoms with Crippen LogP contribution in [0.1, 0.15) is 36.7 Å². The van der Waals surface area contributed by atoms with Crippen molar-refractivity contribution in [1.29, 1.82) is 5.26 Å². The second kappa shape index (κ2) is 6.80. The van der Waals surface area contributed by atoms with Gasteiger partial charge in [-0.3, -0.25) is 4.90 Å². The highest BCUT2D eigenvalue weighted by atomic mass is 16.5. The largest absolute Gasteiger partial charge is 0.369 e. The van der Waals surface area contributed by atoms with E-state index < -0.39 is 0 Å². The predicted octanol–water partition coefficient (Wildman–Crippen LogP) is 2.52. The Morgan fingerprint density at radius 3 is 2.78 bits per heavy atom. The van der Waals surface area contributed by atoms with Crippen molar-refractivity contribution < 1.29 is 4.52 Å². The fraction of sp³-hybridized carbons (Fsp3) is 0.471. The molecule has 1 aromatic heterocycles. The maximum atomic E-state index is 9.30. The van der Waals surface area contributed by atoms with Crippen LogP contribution in [-0.4, -0.2) is 41.2 Å². The fourth-order valence-electron chi connectivity index (χ4n) is 3.05. The quantitative estimate of drug-likeness (QED) is 0.867. The van der Waals surface area contributed by atoms with Gasteiger partial charge in [-0.2, -0.15) is 10.2 Å². The summed E-state index contributed by atoms with van der Waals surface area (Å²) in [5, 5.41) is 13.2. The Balaban J connectivity index is 1.71. The van der Waals surface area contributed by atoms with Crippen LogP contribution < -0.4 is 4.90 Å². The van der Waals surface area contributed by atoms with Crippen molar-refractivity contribution in [2.45, 2.75) is 26.3 Å². The van der Waals surface area contributed by atoms with Gasteiger partial charge in [-0.1, -0.05) is 17.3 Å². The van der Waals surface area contributed by atoms with Crippen LogP contribution >= 0.6 is 0 Å². The Kier molecular flexibility index (Phi) is 4.58. The summed E-state index contributed by atoms with van der Waals surface area (Å²) in [6.07, 6.45) is 1.04.